The summed E-state index contributed by atoms with van der Waals surface area (Å²) < 4.78 is 78.6. The number of hydrogen-bond acceptors (Lipinski definition) is 4. The second-order valence-corrected chi connectivity index (χ2v) is 7.59. The van der Waals surface area contributed by atoms with Crippen LogP contribution in [0.15, 0.2) is 41.3 Å². The maximum atomic E-state index is 14.2. The number of aryl methyl sites for hydroxylation is 1. The summed E-state index contributed by atoms with van der Waals surface area (Å²) in [6, 6.07) is 8.61. The molecule has 0 aliphatic carbocycles. The van der Waals surface area contributed by atoms with Crippen LogP contribution in [0.25, 0.3) is 16.9 Å². The van der Waals surface area contributed by atoms with Crippen LogP contribution in [0.3, 0.4) is 0 Å². The molecule has 2 N–H and O–H groups in total. The molecule has 11 heteroatoms. The minimum atomic E-state index is -4.67. The van der Waals surface area contributed by atoms with Crippen LogP contribution in [0, 0.1) is 29.9 Å². The SMILES string of the molecule is Cc1cc(-n2nc(C(F)F)cc2-c2cc(F)c(S(N)(=O)=O)c(F)c2)ccc1C#N. The van der Waals surface area contributed by atoms with Crippen molar-refractivity contribution in [1.82, 2.24) is 9.78 Å². The van der Waals surface area contributed by atoms with Crippen molar-refractivity contribution < 1.29 is 26.0 Å². The van der Waals surface area contributed by atoms with E-state index in [0.29, 0.717) is 23.3 Å². The highest BCUT2D eigenvalue weighted by Gasteiger charge is 2.24. The molecule has 0 amide bonds. The number of nitrogens with zero attached hydrogens (tertiary/aromatic N) is 3. The quantitative estimate of drug-likeness (QED) is 0.647. The molecule has 150 valence electrons. The third-order valence-corrected chi connectivity index (χ3v) is 5.06. The van der Waals surface area contributed by atoms with E-state index in [9.17, 15) is 26.0 Å². The lowest BCUT2D eigenvalue weighted by molar-refractivity contribution is 0.145. The molecule has 0 atom stereocenters. The number of nitriles is 1. The maximum absolute atomic E-state index is 14.2. The number of benzene rings is 2. The normalized spacial score (nSPS) is 11.7. The molecule has 0 spiro atoms. The van der Waals surface area contributed by atoms with Gasteiger partial charge in [-0.1, -0.05) is 0 Å². The summed E-state index contributed by atoms with van der Waals surface area (Å²) in [5.74, 6) is -2.94. The van der Waals surface area contributed by atoms with E-state index in [1.165, 1.54) is 18.2 Å². The van der Waals surface area contributed by atoms with E-state index in [1.807, 2.05) is 6.07 Å². The Morgan fingerprint density at radius 2 is 1.76 bits per heavy atom. The van der Waals surface area contributed by atoms with Crippen molar-refractivity contribution in [1.29, 1.82) is 5.26 Å². The third kappa shape index (κ3) is 3.85. The van der Waals surface area contributed by atoms with E-state index < -0.39 is 38.7 Å². The molecule has 0 bridgehead atoms. The predicted molar refractivity (Wildman–Crippen MR) is 94.7 cm³/mol. The largest absolute Gasteiger partial charge is 0.282 e. The minimum Gasteiger partial charge on any atom is -0.233 e. The number of sulfonamides is 1. The van der Waals surface area contributed by atoms with E-state index in [4.69, 9.17) is 10.4 Å². The summed E-state index contributed by atoms with van der Waals surface area (Å²) in [5.41, 5.74) is 0.160. The van der Waals surface area contributed by atoms with Crippen LogP contribution in [-0.4, -0.2) is 18.2 Å². The molecule has 0 saturated heterocycles. The lowest BCUT2D eigenvalue weighted by Gasteiger charge is -2.11. The van der Waals surface area contributed by atoms with E-state index in [0.717, 1.165) is 10.7 Å². The fourth-order valence-corrected chi connectivity index (χ4v) is 3.45. The molecule has 1 heterocycles. The van der Waals surface area contributed by atoms with Gasteiger partial charge in [-0.3, -0.25) is 0 Å². The molecule has 6 nitrogen and oxygen atoms in total. The minimum absolute atomic E-state index is 0.108. The van der Waals surface area contributed by atoms with Crippen molar-refractivity contribution in [2.75, 3.05) is 0 Å². The van der Waals surface area contributed by atoms with Crippen LogP contribution in [0.4, 0.5) is 17.6 Å². The fraction of sp³-hybridized carbons (Fsp3) is 0.111. The van der Waals surface area contributed by atoms with Gasteiger partial charge in [0.15, 0.2) is 4.90 Å². The lowest BCUT2D eigenvalue weighted by atomic mass is 10.1. The number of primary sulfonamides is 1. The van der Waals surface area contributed by atoms with Gasteiger partial charge in [0.1, 0.15) is 17.3 Å². The van der Waals surface area contributed by atoms with Gasteiger partial charge in [0, 0.05) is 5.56 Å². The zero-order valence-corrected chi connectivity index (χ0v) is 15.5. The topological polar surface area (TPSA) is 102 Å². The van der Waals surface area contributed by atoms with Crippen molar-refractivity contribution in [2.45, 2.75) is 18.2 Å². The molecule has 2 aromatic carbocycles. The van der Waals surface area contributed by atoms with Gasteiger partial charge in [-0.05, 0) is 48.9 Å². The van der Waals surface area contributed by atoms with Crippen LogP contribution >= 0.6 is 0 Å². The first-order chi connectivity index (χ1) is 13.5. The summed E-state index contributed by atoms with van der Waals surface area (Å²) in [6.07, 6.45) is -2.96. The Morgan fingerprint density at radius 1 is 1.14 bits per heavy atom. The van der Waals surface area contributed by atoms with Crippen molar-refractivity contribution >= 4 is 10.0 Å². The number of nitrogens with two attached hydrogens (primary N) is 1. The first kappa shape index (κ1) is 20.5. The zero-order valence-electron chi connectivity index (χ0n) is 14.7. The molecule has 29 heavy (non-hydrogen) atoms. The van der Waals surface area contributed by atoms with E-state index in [1.54, 1.807) is 6.92 Å². The first-order valence-electron chi connectivity index (χ1n) is 7.94. The van der Waals surface area contributed by atoms with E-state index in [2.05, 4.69) is 5.10 Å². The maximum Gasteiger partial charge on any atom is 0.282 e. The molecular weight excluding hydrogens is 412 g/mol. The summed E-state index contributed by atoms with van der Waals surface area (Å²) >= 11 is 0. The van der Waals surface area contributed by atoms with Crippen LogP contribution in [0.2, 0.25) is 0 Å². The van der Waals surface area contributed by atoms with Crippen molar-refractivity contribution in [3.05, 3.63) is 64.9 Å². The third-order valence-electron chi connectivity index (χ3n) is 4.11. The summed E-state index contributed by atoms with van der Waals surface area (Å²) in [6.45, 7) is 1.62. The molecule has 0 unspecified atom stereocenters. The molecule has 0 radical (unpaired) electrons. The van der Waals surface area contributed by atoms with Crippen LogP contribution in [0.1, 0.15) is 23.2 Å². The molecule has 0 fully saturated rings. The van der Waals surface area contributed by atoms with E-state index >= 15 is 0 Å². The average Bonchev–Trinajstić information content (AvgIpc) is 3.05. The highest BCUT2D eigenvalue weighted by molar-refractivity contribution is 7.89. The number of rotatable bonds is 4. The molecule has 0 aliphatic heterocycles. The second-order valence-electron chi connectivity index (χ2n) is 6.09. The molecule has 0 aliphatic rings. The summed E-state index contributed by atoms with van der Waals surface area (Å²) in [5, 5.41) is 17.6. The Morgan fingerprint density at radius 3 is 2.24 bits per heavy atom. The first-order valence-corrected chi connectivity index (χ1v) is 9.49. The van der Waals surface area contributed by atoms with Gasteiger partial charge in [0.05, 0.1) is 23.0 Å². The Labute approximate surface area is 162 Å². The van der Waals surface area contributed by atoms with Crippen LogP contribution in [0.5, 0.6) is 0 Å². The smallest absolute Gasteiger partial charge is 0.233 e. The highest BCUT2D eigenvalue weighted by Crippen LogP contribution is 2.31. The molecular formula is C18H12F4N4O2S. The zero-order chi connectivity index (χ0) is 21.5. The van der Waals surface area contributed by atoms with Crippen LogP contribution < -0.4 is 5.14 Å². The fourth-order valence-electron chi connectivity index (χ4n) is 2.79. The van der Waals surface area contributed by atoms with Gasteiger partial charge in [0.2, 0.25) is 10.0 Å². The van der Waals surface area contributed by atoms with Crippen LogP contribution in [-0.2, 0) is 10.0 Å². The molecule has 3 aromatic rings. The predicted octanol–water partition coefficient (Wildman–Crippen LogP) is 3.58. The molecule has 3 rings (SSSR count). The molecule has 1 aromatic heterocycles. The number of aromatic nitrogens is 2. The molecule has 0 saturated carbocycles. The Kier molecular flexibility index (Phi) is 5.16. The van der Waals surface area contributed by atoms with Crippen molar-refractivity contribution in [2.24, 2.45) is 5.14 Å². The second kappa shape index (κ2) is 7.31. The van der Waals surface area contributed by atoms with Gasteiger partial charge < -0.3 is 0 Å². The van der Waals surface area contributed by atoms with Gasteiger partial charge in [-0.2, -0.15) is 10.4 Å². The van der Waals surface area contributed by atoms with Crippen molar-refractivity contribution in [3.63, 3.8) is 0 Å². The number of halogens is 4. The van der Waals surface area contributed by atoms with Gasteiger partial charge >= 0.3 is 0 Å². The summed E-state index contributed by atoms with van der Waals surface area (Å²) in [7, 11) is -4.67. The van der Waals surface area contributed by atoms with Crippen molar-refractivity contribution in [3.8, 4) is 23.0 Å². The highest BCUT2D eigenvalue weighted by atomic mass is 32.2. The lowest BCUT2D eigenvalue weighted by Crippen LogP contribution is -2.16. The Balaban J connectivity index is 2.26. The Bertz CT molecular complexity index is 1240. The number of hydrogen-bond donors (Lipinski definition) is 1. The number of alkyl halides is 2. The average molecular weight is 424 g/mol. The van der Waals surface area contributed by atoms with Gasteiger partial charge in [-0.25, -0.2) is 35.8 Å². The van der Waals surface area contributed by atoms with Gasteiger partial charge in [0.25, 0.3) is 6.43 Å². The Hall–Kier alpha value is -3.23. The monoisotopic (exact) mass is 424 g/mol. The summed E-state index contributed by atoms with van der Waals surface area (Å²) in [4.78, 5) is -1.32. The standard InChI is InChI=1S/C18H12F4N4O2S/c1-9-4-12(3-2-10(9)8-23)26-16(7-15(25-26)18(21)22)11-5-13(19)17(14(20)6-11)29(24,27)28/h2-7,18H,1H3,(H2,24,27,28). The van der Waals surface area contributed by atoms with E-state index in [-0.39, 0.29) is 16.9 Å². The van der Waals surface area contributed by atoms with Gasteiger partial charge in [-0.15, -0.1) is 0 Å².